The minimum atomic E-state index is -0.611. The first kappa shape index (κ1) is 38.3. The van der Waals surface area contributed by atoms with Crippen molar-refractivity contribution in [2.45, 2.75) is 71.9 Å². The summed E-state index contributed by atoms with van der Waals surface area (Å²) in [4.78, 5) is 68.8. The molecule has 0 saturated heterocycles. The molecule has 5 amide bonds. The lowest BCUT2D eigenvalue weighted by Gasteiger charge is -2.19. The van der Waals surface area contributed by atoms with Crippen LogP contribution in [0.25, 0.3) is 10.1 Å². The summed E-state index contributed by atoms with van der Waals surface area (Å²) in [5, 5.41) is 15.0. The van der Waals surface area contributed by atoms with E-state index in [1.165, 1.54) is 18.4 Å². The van der Waals surface area contributed by atoms with E-state index < -0.39 is 17.7 Å². The summed E-state index contributed by atoms with van der Waals surface area (Å²) < 4.78 is 12.3. The van der Waals surface area contributed by atoms with E-state index in [1.807, 2.05) is 25.1 Å². The van der Waals surface area contributed by atoms with Crippen molar-refractivity contribution < 1.29 is 38.2 Å². The number of hydrogen-bond acceptors (Lipinski definition) is 9. The third-order valence-electron chi connectivity index (χ3n) is 6.24. The van der Waals surface area contributed by atoms with Gasteiger partial charge in [-0.1, -0.05) is 0 Å². The molecule has 15 heteroatoms. The van der Waals surface area contributed by atoms with Crippen LogP contribution < -0.4 is 26.6 Å². The molecule has 2 aromatic heterocycles. The number of unbranched alkanes of at least 4 members (excludes halogenated alkanes) is 1. The lowest BCUT2D eigenvalue weighted by atomic mass is 10.2. The Balaban J connectivity index is 0.000000369. The van der Waals surface area contributed by atoms with Crippen LogP contribution in [0.3, 0.4) is 0 Å². The van der Waals surface area contributed by atoms with Gasteiger partial charge in [-0.05, 0) is 83.2 Å². The minimum Gasteiger partial charge on any atom is -0.469 e. The first-order chi connectivity index (χ1) is 22.1. The van der Waals surface area contributed by atoms with Gasteiger partial charge in [0.1, 0.15) is 17.3 Å². The molecule has 0 bridgehead atoms. The molecule has 0 radical (unpaired) electrons. The van der Waals surface area contributed by atoms with Crippen molar-refractivity contribution >= 4 is 74.0 Å². The quantitative estimate of drug-likeness (QED) is 0.0976. The van der Waals surface area contributed by atoms with Crippen LogP contribution in [-0.4, -0.2) is 66.1 Å². The SMILES string of the molecule is CCNC(=O)C(C)NC(=O)CCCCC(=O)OC.Cn1cc(NC(=O)OC(C)(C)C)cc1C(=O)Nc1ccc2sc(NC=O)cc2c1. The molecule has 1 atom stereocenters. The van der Waals surface area contributed by atoms with Crippen molar-refractivity contribution in [3.63, 3.8) is 0 Å². The first-order valence-electron chi connectivity index (χ1n) is 15.0. The van der Waals surface area contributed by atoms with Crippen LogP contribution in [0.15, 0.2) is 36.5 Å². The number of benzene rings is 1. The Bertz CT molecular complexity index is 1560. The Morgan fingerprint density at radius 2 is 1.70 bits per heavy atom. The van der Waals surface area contributed by atoms with Crippen LogP contribution in [0, 0.1) is 0 Å². The Kier molecular flexibility index (Phi) is 14.9. The summed E-state index contributed by atoms with van der Waals surface area (Å²) in [6.07, 6.45) is 3.51. The van der Waals surface area contributed by atoms with Gasteiger partial charge in [0.25, 0.3) is 5.91 Å². The first-order valence-corrected chi connectivity index (χ1v) is 15.8. The number of rotatable bonds is 13. The lowest BCUT2D eigenvalue weighted by Crippen LogP contribution is -2.44. The highest BCUT2D eigenvalue weighted by atomic mass is 32.1. The molecule has 2 heterocycles. The predicted octanol–water partition coefficient (Wildman–Crippen LogP) is 4.77. The Morgan fingerprint density at radius 3 is 2.34 bits per heavy atom. The molecule has 1 aromatic carbocycles. The highest BCUT2D eigenvalue weighted by Gasteiger charge is 2.19. The van der Waals surface area contributed by atoms with Crippen LogP contribution in [0.2, 0.25) is 0 Å². The summed E-state index contributed by atoms with van der Waals surface area (Å²) in [5.74, 6) is -0.962. The number of methoxy groups -OCH3 is 1. The lowest BCUT2D eigenvalue weighted by molar-refractivity contribution is -0.140. The fraction of sp³-hybridized carbons (Fsp3) is 0.438. The van der Waals surface area contributed by atoms with E-state index in [2.05, 4.69) is 31.3 Å². The molecule has 0 saturated carbocycles. The van der Waals surface area contributed by atoms with Crippen molar-refractivity contribution in [2.75, 3.05) is 29.6 Å². The molecule has 47 heavy (non-hydrogen) atoms. The second-order valence-electron chi connectivity index (χ2n) is 11.4. The van der Waals surface area contributed by atoms with Crippen molar-refractivity contribution in [1.82, 2.24) is 15.2 Å². The highest BCUT2D eigenvalue weighted by Crippen LogP contribution is 2.31. The number of aromatic nitrogens is 1. The van der Waals surface area contributed by atoms with Crippen LogP contribution in [0.5, 0.6) is 0 Å². The molecule has 14 nitrogen and oxygen atoms in total. The predicted molar refractivity (Wildman–Crippen MR) is 182 cm³/mol. The zero-order chi connectivity index (χ0) is 35.1. The second-order valence-corrected chi connectivity index (χ2v) is 12.5. The van der Waals surface area contributed by atoms with Gasteiger partial charge in [-0.15, -0.1) is 11.3 Å². The molecular weight excluding hydrogens is 628 g/mol. The maximum absolute atomic E-state index is 12.7. The number of nitrogens with zero attached hydrogens (tertiary/aromatic N) is 1. The number of esters is 1. The summed E-state index contributed by atoms with van der Waals surface area (Å²) >= 11 is 1.45. The van der Waals surface area contributed by atoms with Gasteiger partial charge in [0.2, 0.25) is 18.2 Å². The van der Waals surface area contributed by atoms with Gasteiger partial charge in [0.15, 0.2) is 0 Å². The number of ether oxygens (including phenoxy) is 2. The maximum atomic E-state index is 12.7. The van der Waals surface area contributed by atoms with Crippen LogP contribution >= 0.6 is 11.3 Å². The topological polar surface area (TPSA) is 186 Å². The van der Waals surface area contributed by atoms with E-state index in [-0.39, 0.29) is 23.7 Å². The Morgan fingerprint density at radius 1 is 1.00 bits per heavy atom. The van der Waals surface area contributed by atoms with E-state index in [0.29, 0.717) is 55.7 Å². The fourth-order valence-corrected chi connectivity index (χ4v) is 4.99. The monoisotopic (exact) mass is 672 g/mol. The molecule has 256 valence electrons. The number of likely N-dealkylation sites (N-methyl/N-ethyl adjacent to an activating group) is 1. The van der Waals surface area contributed by atoms with Gasteiger partial charge >= 0.3 is 12.1 Å². The third kappa shape index (κ3) is 13.5. The Hall–Kier alpha value is -4.92. The summed E-state index contributed by atoms with van der Waals surface area (Å²) in [6.45, 7) is 9.32. The van der Waals surface area contributed by atoms with Gasteiger partial charge in [0.05, 0.1) is 17.8 Å². The molecule has 3 aromatic rings. The minimum absolute atomic E-state index is 0.182. The average molecular weight is 673 g/mol. The van der Waals surface area contributed by atoms with Crippen LogP contribution in [0.4, 0.5) is 21.2 Å². The second kappa shape index (κ2) is 18.3. The third-order valence-corrected chi connectivity index (χ3v) is 7.29. The van der Waals surface area contributed by atoms with Crippen molar-refractivity contribution in [1.29, 1.82) is 0 Å². The number of carbonyl (C=O) groups is 6. The number of carbonyl (C=O) groups excluding carboxylic acids is 6. The Labute approximate surface area is 277 Å². The molecule has 5 N–H and O–H groups in total. The molecular formula is C32H44N6O8S. The average Bonchev–Trinajstić information content (AvgIpc) is 3.56. The van der Waals surface area contributed by atoms with Gasteiger partial charge < -0.3 is 35.3 Å². The molecule has 0 spiro atoms. The molecule has 0 aliphatic rings. The highest BCUT2D eigenvalue weighted by molar-refractivity contribution is 7.22. The molecule has 1 unspecified atom stereocenters. The molecule has 0 aliphatic heterocycles. The van der Waals surface area contributed by atoms with Crippen molar-refractivity contribution in [3.8, 4) is 0 Å². The van der Waals surface area contributed by atoms with Crippen LogP contribution in [0.1, 0.15) is 70.8 Å². The normalized spacial score (nSPS) is 11.3. The summed E-state index contributed by atoms with van der Waals surface area (Å²) in [5.41, 5.74) is 0.857. The van der Waals surface area contributed by atoms with E-state index in [4.69, 9.17) is 4.74 Å². The zero-order valence-corrected chi connectivity index (χ0v) is 28.6. The number of aryl methyl sites for hydroxylation is 1. The largest absolute Gasteiger partial charge is 0.469 e. The van der Waals surface area contributed by atoms with Gasteiger partial charge in [-0.25, -0.2) is 4.79 Å². The standard InChI is InChI=1S/C20H22N4O4S.C12H22N2O4/c1-20(2,3)28-19(27)23-14-9-15(24(4)10-14)18(26)22-13-5-6-16-12(7-13)8-17(29-16)21-11-25;1-4-13-12(17)9(2)14-10(15)7-5-6-8-11(16)18-3/h5-11H,1-4H3,(H,21,25)(H,22,26)(H,23,27);9H,4-8H2,1-3H3,(H,13,17)(H,14,15). The number of nitrogens with one attached hydrogen (secondary N) is 5. The smallest absolute Gasteiger partial charge is 0.412 e. The van der Waals surface area contributed by atoms with E-state index in [0.717, 1.165) is 15.1 Å². The molecule has 0 fully saturated rings. The summed E-state index contributed by atoms with van der Waals surface area (Å²) in [6, 6.07) is 8.40. The summed E-state index contributed by atoms with van der Waals surface area (Å²) in [7, 11) is 3.05. The fourth-order valence-electron chi connectivity index (χ4n) is 4.09. The van der Waals surface area contributed by atoms with E-state index in [9.17, 15) is 28.8 Å². The molecule has 0 aliphatic carbocycles. The van der Waals surface area contributed by atoms with Gasteiger partial charge in [-0.2, -0.15) is 0 Å². The number of thiophene rings is 1. The maximum Gasteiger partial charge on any atom is 0.412 e. The molecule has 3 rings (SSSR count). The zero-order valence-electron chi connectivity index (χ0n) is 27.8. The van der Waals surface area contributed by atoms with Crippen LogP contribution in [-0.2, 0) is 35.7 Å². The van der Waals surface area contributed by atoms with E-state index >= 15 is 0 Å². The number of anilines is 3. The number of hydrogen-bond donors (Lipinski definition) is 5. The number of amides is 5. The van der Waals surface area contributed by atoms with E-state index in [1.54, 1.807) is 57.6 Å². The van der Waals surface area contributed by atoms with Crippen molar-refractivity contribution in [2.24, 2.45) is 7.05 Å². The van der Waals surface area contributed by atoms with Crippen molar-refractivity contribution in [3.05, 3.63) is 42.2 Å². The number of fused-ring (bicyclic) bond motifs is 1. The van der Waals surface area contributed by atoms with Gasteiger partial charge in [-0.3, -0.25) is 29.3 Å². The van der Waals surface area contributed by atoms with Gasteiger partial charge in [0, 0.05) is 43.0 Å².